The van der Waals surface area contributed by atoms with Crippen LogP contribution in [0.3, 0.4) is 0 Å². The highest BCUT2D eigenvalue weighted by atomic mass is 16.5. The molecule has 0 radical (unpaired) electrons. The summed E-state index contributed by atoms with van der Waals surface area (Å²) in [4.78, 5) is 7.72. The average molecular weight is 374 g/mol. The normalized spacial score (nSPS) is 26.0. The number of piperidine rings is 1. The van der Waals surface area contributed by atoms with E-state index in [1.807, 2.05) is 0 Å². The highest BCUT2D eigenvalue weighted by molar-refractivity contribution is 5.28. The largest absolute Gasteiger partial charge is 0.492 e. The third-order valence-corrected chi connectivity index (χ3v) is 6.35. The van der Waals surface area contributed by atoms with Crippen molar-refractivity contribution in [2.75, 3.05) is 59.1 Å². The fraction of sp³-hybridized carbons (Fsp3) is 0.727. The van der Waals surface area contributed by atoms with Crippen molar-refractivity contribution in [1.29, 1.82) is 0 Å². The minimum atomic E-state index is 0.752. The van der Waals surface area contributed by atoms with Crippen LogP contribution in [-0.2, 0) is 11.3 Å². The number of ether oxygens (including phenoxy) is 2. The molecule has 0 aliphatic carbocycles. The lowest BCUT2D eigenvalue weighted by molar-refractivity contribution is -0.00623. The third-order valence-electron chi connectivity index (χ3n) is 6.35. The van der Waals surface area contributed by atoms with Gasteiger partial charge in [-0.15, -0.1) is 0 Å². The van der Waals surface area contributed by atoms with Crippen LogP contribution in [-0.4, -0.2) is 85.9 Å². The molecule has 3 aliphatic heterocycles. The van der Waals surface area contributed by atoms with Gasteiger partial charge in [-0.3, -0.25) is 14.7 Å². The molecule has 0 amide bonds. The molecule has 3 fully saturated rings. The van der Waals surface area contributed by atoms with E-state index < -0.39 is 0 Å². The molecule has 1 atom stereocenters. The van der Waals surface area contributed by atoms with Gasteiger partial charge in [0.1, 0.15) is 12.4 Å². The first kappa shape index (κ1) is 19.2. The Morgan fingerprint density at radius 1 is 1.07 bits per heavy atom. The predicted molar refractivity (Wildman–Crippen MR) is 108 cm³/mol. The maximum Gasteiger partial charge on any atom is 0.119 e. The van der Waals surface area contributed by atoms with Gasteiger partial charge >= 0.3 is 0 Å². The fourth-order valence-electron chi connectivity index (χ4n) is 4.65. The van der Waals surface area contributed by atoms with E-state index in [4.69, 9.17) is 9.47 Å². The number of morpholine rings is 1. The minimum Gasteiger partial charge on any atom is -0.492 e. The van der Waals surface area contributed by atoms with Gasteiger partial charge in [0.2, 0.25) is 0 Å². The second-order valence-corrected chi connectivity index (χ2v) is 8.38. The van der Waals surface area contributed by atoms with E-state index >= 15 is 0 Å². The number of likely N-dealkylation sites (tertiary alicyclic amines) is 2. The number of nitrogens with zero attached hydrogens (tertiary/aromatic N) is 3. The van der Waals surface area contributed by atoms with E-state index in [1.54, 1.807) is 0 Å². The number of rotatable bonds is 7. The van der Waals surface area contributed by atoms with Gasteiger partial charge in [0.25, 0.3) is 0 Å². The van der Waals surface area contributed by atoms with E-state index in [-0.39, 0.29) is 0 Å². The minimum absolute atomic E-state index is 0.752. The maximum atomic E-state index is 6.00. The van der Waals surface area contributed by atoms with Crippen molar-refractivity contribution in [2.45, 2.75) is 44.8 Å². The summed E-state index contributed by atoms with van der Waals surface area (Å²) in [5.41, 5.74) is 1.36. The molecule has 0 bridgehead atoms. The summed E-state index contributed by atoms with van der Waals surface area (Å²) in [6.45, 7) is 12.6. The molecule has 0 N–H and O–H groups in total. The molecule has 3 heterocycles. The molecule has 0 spiro atoms. The van der Waals surface area contributed by atoms with Crippen molar-refractivity contribution in [3.8, 4) is 5.75 Å². The van der Waals surface area contributed by atoms with Crippen LogP contribution in [0.2, 0.25) is 0 Å². The maximum absolute atomic E-state index is 6.00. The quantitative estimate of drug-likeness (QED) is 0.732. The van der Waals surface area contributed by atoms with Crippen molar-refractivity contribution >= 4 is 0 Å². The Morgan fingerprint density at radius 2 is 1.93 bits per heavy atom. The van der Waals surface area contributed by atoms with E-state index in [0.717, 1.165) is 63.8 Å². The lowest BCUT2D eigenvalue weighted by atomic mass is 9.97. The second-order valence-electron chi connectivity index (χ2n) is 8.38. The van der Waals surface area contributed by atoms with Crippen molar-refractivity contribution in [3.63, 3.8) is 0 Å². The molecular formula is C22H35N3O2. The smallest absolute Gasteiger partial charge is 0.119 e. The first-order chi connectivity index (χ1) is 13.3. The third kappa shape index (κ3) is 5.23. The number of hydrogen-bond acceptors (Lipinski definition) is 5. The molecule has 27 heavy (non-hydrogen) atoms. The summed E-state index contributed by atoms with van der Waals surface area (Å²) in [6, 6.07) is 10.2. The molecule has 1 aromatic carbocycles. The van der Waals surface area contributed by atoms with Crippen LogP contribution < -0.4 is 4.74 Å². The standard InChI is InChI=1S/C22H35N3O2/c1-19-5-2-3-8-25(19)21-17-24(18-21)16-20-6-4-7-22(15-20)27-14-11-23-9-12-26-13-10-23/h4,6-7,15,19,21H,2-3,5,8-14,16-18H2,1H3. The fourth-order valence-corrected chi connectivity index (χ4v) is 4.65. The Labute approximate surface area is 164 Å². The summed E-state index contributed by atoms with van der Waals surface area (Å²) in [5, 5.41) is 0. The summed E-state index contributed by atoms with van der Waals surface area (Å²) in [5.74, 6) is 1.00. The molecule has 3 saturated heterocycles. The Bertz CT molecular complexity index is 585. The zero-order valence-electron chi connectivity index (χ0n) is 16.8. The van der Waals surface area contributed by atoms with Crippen LogP contribution in [0.25, 0.3) is 0 Å². The summed E-state index contributed by atoms with van der Waals surface area (Å²) < 4.78 is 11.4. The predicted octanol–water partition coefficient (Wildman–Crippen LogP) is 2.46. The lowest BCUT2D eigenvalue weighted by Gasteiger charge is -2.49. The zero-order chi connectivity index (χ0) is 18.5. The molecule has 150 valence electrons. The van der Waals surface area contributed by atoms with Gasteiger partial charge in [0.15, 0.2) is 0 Å². The number of benzene rings is 1. The topological polar surface area (TPSA) is 28.2 Å². The molecule has 0 saturated carbocycles. The monoisotopic (exact) mass is 373 g/mol. The van der Waals surface area contributed by atoms with Crippen molar-refractivity contribution in [2.24, 2.45) is 0 Å². The summed E-state index contributed by atoms with van der Waals surface area (Å²) >= 11 is 0. The van der Waals surface area contributed by atoms with Crippen LogP contribution >= 0.6 is 0 Å². The Kier molecular flexibility index (Phi) is 6.66. The highest BCUT2D eigenvalue weighted by Gasteiger charge is 2.34. The SMILES string of the molecule is CC1CCCCN1C1CN(Cc2cccc(OCCN3CCOCC3)c2)C1. The summed E-state index contributed by atoms with van der Waals surface area (Å²) in [6.07, 6.45) is 4.16. The van der Waals surface area contributed by atoms with Crippen LogP contribution in [0.5, 0.6) is 5.75 Å². The van der Waals surface area contributed by atoms with Gasteiger partial charge in [-0.25, -0.2) is 0 Å². The van der Waals surface area contributed by atoms with Crippen LogP contribution in [0, 0.1) is 0 Å². The van der Waals surface area contributed by atoms with Gasteiger partial charge in [-0.1, -0.05) is 18.6 Å². The lowest BCUT2D eigenvalue weighted by Crippen LogP contribution is -2.61. The van der Waals surface area contributed by atoms with Crippen LogP contribution in [0.4, 0.5) is 0 Å². The van der Waals surface area contributed by atoms with E-state index in [2.05, 4.69) is 45.9 Å². The van der Waals surface area contributed by atoms with Gasteiger partial charge in [0, 0.05) is 51.4 Å². The number of hydrogen-bond donors (Lipinski definition) is 0. The van der Waals surface area contributed by atoms with Crippen molar-refractivity contribution < 1.29 is 9.47 Å². The first-order valence-corrected chi connectivity index (χ1v) is 10.8. The van der Waals surface area contributed by atoms with E-state index in [9.17, 15) is 0 Å². The molecule has 5 nitrogen and oxygen atoms in total. The van der Waals surface area contributed by atoms with E-state index in [0.29, 0.717) is 0 Å². The Balaban J connectivity index is 1.19. The highest BCUT2D eigenvalue weighted by Crippen LogP contribution is 2.26. The van der Waals surface area contributed by atoms with Crippen molar-refractivity contribution in [1.82, 2.24) is 14.7 Å². The van der Waals surface area contributed by atoms with Gasteiger partial charge in [-0.05, 0) is 44.0 Å². The molecule has 3 aliphatic rings. The van der Waals surface area contributed by atoms with Gasteiger partial charge in [0.05, 0.1) is 13.2 Å². The van der Waals surface area contributed by atoms with Crippen LogP contribution in [0.15, 0.2) is 24.3 Å². The molecule has 1 aromatic rings. The molecule has 4 rings (SSSR count). The zero-order valence-corrected chi connectivity index (χ0v) is 16.8. The van der Waals surface area contributed by atoms with Crippen molar-refractivity contribution in [3.05, 3.63) is 29.8 Å². The van der Waals surface area contributed by atoms with Gasteiger partial charge in [-0.2, -0.15) is 0 Å². The first-order valence-electron chi connectivity index (χ1n) is 10.8. The second kappa shape index (κ2) is 9.37. The molecular weight excluding hydrogens is 338 g/mol. The average Bonchev–Trinajstić information content (AvgIpc) is 2.66. The molecule has 0 aromatic heterocycles. The van der Waals surface area contributed by atoms with E-state index in [1.165, 1.54) is 44.5 Å². The Morgan fingerprint density at radius 3 is 2.74 bits per heavy atom. The molecule has 1 unspecified atom stereocenters. The van der Waals surface area contributed by atoms with Crippen LogP contribution in [0.1, 0.15) is 31.7 Å². The van der Waals surface area contributed by atoms with Gasteiger partial charge < -0.3 is 9.47 Å². The summed E-state index contributed by atoms with van der Waals surface area (Å²) in [7, 11) is 0. The Hall–Kier alpha value is -1.14. The molecule has 5 heteroatoms.